The lowest BCUT2D eigenvalue weighted by atomic mass is 9.94. The van der Waals surface area contributed by atoms with Crippen LogP contribution in [0.2, 0.25) is 0 Å². The Morgan fingerprint density at radius 1 is 0.619 bits per heavy atom. The number of ether oxygens (including phenoxy) is 4. The number of aryl methyl sites for hydroxylation is 1. The summed E-state index contributed by atoms with van der Waals surface area (Å²) >= 11 is 0. The molecule has 0 aromatic heterocycles. The SMILES string of the molecule is CCCCc1cccc2c(OC(=O)OCC(CC)CCCC)c3ccccc3c(OC(=O)OCC(CC)CCCC)c12. The first kappa shape index (κ1) is 33.2. The first-order chi connectivity index (χ1) is 20.5. The van der Waals surface area contributed by atoms with Crippen molar-refractivity contribution in [1.29, 1.82) is 0 Å². The van der Waals surface area contributed by atoms with Gasteiger partial charge in [-0.1, -0.05) is 122 Å². The van der Waals surface area contributed by atoms with Crippen LogP contribution < -0.4 is 9.47 Å². The van der Waals surface area contributed by atoms with Crippen LogP contribution in [0, 0.1) is 11.8 Å². The van der Waals surface area contributed by atoms with Crippen molar-refractivity contribution in [3.05, 3.63) is 48.0 Å². The van der Waals surface area contributed by atoms with Gasteiger partial charge < -0.3 is 18.9 Å². The molecule has 0 fully saturated rings. The van der Waals surface area contributed by atoms with Gasteiger partial charge in [-0.3, -0.25) is 0 Å². The van der Waals surface area contributed by atoms with Crippen LogP contribution in [0.5, 0.6) is 11.5 Å². The summed E-state index contributed by atoms with van der Waals surface area (Å²) in [5.41, 5.74) is 1.03. The molecule has 0 saturated heterocycles. The number of carbonyl (C=O) groups is 2. The lowest BCUT2D eigenvalue weighted by Crippen LogP contribution is -2.18. The maximum absolute atomic E-state index is 13.1. The van der Waals surface area contributed by atoms with E-state index >= 15 is 0 Å². The summed E-state index contributed by atoms with van der Waals surface area (Å²) in [5, 5.41) is 2.82. The van der Waals surface area contributed by atoms with E-state index in [1.54, 1.807) is 0 Å². The average Bonchev–Trinajstić information content (AvgIpc) is 3.01. The minimum Gasteiger partial charge on any atom is -0.434 e. The van der Waals surface area contributed by atoms with E-state index in [4.69, 9.17) is 18.9 Å². The van der Waals surface area contributed by atoms with Crippen molar-refractivity contribution in [2.45, 2.75) is 105 Å². The summed E-state index contributed by atoms with van der Waals surface area (Å²) in [6.07, 6.45) is 9.71. The van der Waals surface area contributed by atoms with Gasteiger partial charge in [0.05, 0.1) is 13.2 Å². The van der Waals surface area contributed by atoms with Gasteiger partial charge in [-0.05, 0) is 43.1 Å². The van der Waals surface area contributed by atoms with E-state index < -0.39 is 12.3 Å². The first-order valence-corrected chi connectivity index (χ1v) is 16.1. The van der Waals surface area contributed by atoms with Gasteiger partial charge in [0.25, 0.3) is 0 Å². The highest BCUT2D eigenvalue weighted by Crippen LogP contribution is 2.45. The van der Waals surface area contributed by atoms with E-state index in [9.17, 15) is 9.59 Å². The van der Waals surface area contributed by atoms with Crippen LogP contribution in [0.25, 0.3) is 21.5 Å². The maximum atomic E-state index is 13.1. The Labute approximate surface area is 252 Å². The third kappa shape index (κ3) is 9.11. The monoisotopic (exact) mass is 578 g/mol. The van der Waals surface area contributed by atoms with Gasteiger partial charge >= 0.3 is 12.3 Å². The van der Waals surface area contributed by atoms with Gasteiger partial charge in [0.2, 0.25) is 0 Å². The first-order valence-electron chi connectivity index (χ1n) is 16.1. The van der Waals surface area contributed by atoms with Crippen LogP contribution in [-0.4, -0.2) is 25.5 Å². The predicted octanol–water partition coefficient (Wildman–Crippen LogP) is 10.8. The predicted molar refractivity (Wildman–Crippen MR) is 171 cm³/mol. The average molecular weight is 579 g/mol. The number of hydrogen-bond acceptors (Lipinski definition) is 6. The van der Waals surface area contributed by atoms with Crippen LogP contribution in [0.4, 0.5) is 9.59 Å². The molecular weight excluding hydrogens is 528 g/mol. The third-order valence-corrected chi connectivity index (χ3v) is 8.17. The van der Waals surface area contributed by atoms with E-state index in [2.05, 4.69) is 34.6 Å². The smallest absolute Gasteiger partial charge is 0.434 e. The Bertz CT molecular complexity index is 1280. The number of benzene rings is 3. The quantitative estimate of drug-likeness (QED) is 0.0901. The molecule has 3 rings (SSSR count). The molecule has 0 aliphatic heterocycles. The minimum absolute atomic E-state index is 0.308. The molecule has 0 N–H and O–H groups in total. The van der Waals surface area contributed by atoms with E-state index in [0.29, 0.717) is 52.7 Å². The van der Waals surface area contributed by atoms with E-state index in [0.717, 1.165) is 81.6 Å². The van der Waals surface area contributed by atoms with Gasteiger partial charge in [0.1, 0.15) is 5.75 Å². The number of carbonyl (C=O) groups excluding carboxylic acids is 2. The number of fused-ring (bicyclic) bond motifs is 2. The van der Waals surface area contributed by atoms with Crippen LogP contribution in [0.15, 0.2) is 42.5 Å². The Morgan fingerprint density at radius 3 is 1.64 bits per heavy atom. The molecule has 230 valence electrons. The lowest BCUT2D eigenvalue weighted by Gasteiger charge is -2.20. The minimum atomic E-state index is -0.721. The molecule has 0 aliphatic rings. The highest BCUT2D eigenvalue weighted by Gasteiger charge is 2.24. The fourth-order valence-corrected chi connectivity index (χ4v) is 5.40. The molecule has 0 heterocycles. The van der Waals surface area contributed by atoms with Crippen molar-refractivity contribution >= 4 is 33.9 Å². The summed E-state index contributed by atoms with van der Waals surface area (Å²) in [5.74, 6) is 1.46. The zero-order valence-corrected chi connectivity index (χ0v) is 26.3. The summed E-state index contributed by atoms with van der Waals surface area (Å²) < 4.78 is 23.2. The number of rotatable bonds is 17. The Morgan fingerprint density at radius 2 is 1.12 bits per heavy atom. The molecule has 42 heavy (non-hydrogen) atoms. The van der Waals surface area contributed by atoms with Crippen molar-refractivity contribution in [3.63, 3.8) is 0 Å². The number of hydrogen-bond donors (Lipinski definition) is 0. The topological polar surface area (TPSA) is 71.1 Å². The highest BCUT2D eigenvalue weighted by atomic mass is 16.7. The van der Waals surface area contributed by atoms with E-state index in [1.165, 1.54) is 0 Å². The second kappa shape index (κ2) is 17.6. The standard InChI is InChI=1S/C36H50O6/c1-6-11-17-26(9-4)24-39-35(37)41-33-29-21-14-15-22-30(29)34(32-28(19-13-8-3)20-16-23-31(32)33)42-36(38)40-25-27(10-5)18-12-7-2/h14-16,20-23,26-27H,6-13,17-19,24-25H2,1-5H3. The third-order valence-electron chi connectivity index (χ3n) is 8.17. The second-order valence-corrected chi connectivity index (χ2v) is 11.3. The molecule has 0 amide bonds. The van der Waals surface area contributed by atoms with Gasteiger partial charge in [0.15, 0.2) is 5.75 Å². The molecule has 0 aliphatic carbocycles. The normalized spacial score (nSPS) is 12.7. The van der Waals surface area contributed by atoms with Crippen molar-refractivity contribution < 1.29 is 28.5 Å². The van der Waals surface area contributed by atoms with E-state index in [-0.39, 0.29) is 0 Å². The number of unbranched alkanes of at least 4 members (excludes halogenated alkanes) is 3. The summed E-state index contributed by atoms with van der Waals surface area (Å²) in [6.45, 7) is 11.4. The fraction of sp³-hybridized carbons (Fsp3) is 0.556. The molecular formula is C36H50O6. The van der Waals surface area contributed by atoms with Crippen LogP contribution in [0.1, 0.15) is 104 Å². The van der Waals surface area contributed by atoms with Gasteiger partial charge in [-0.15, -0.1) is 0 Å². The molecule has 6 heteroatoms. The highest BCUT2D eigenvalue weighted by molar-refractivity contribution is 6.13. The Hall–Kier alpha value is -3.28. The van der Waals surface area contributed by atoms with Crippen LogP contribution in [-0.2, 0) is 15.9 Å². The molecule has 0 saturated carbocycles. The van der Waals surface area contributed by atoms with Crippen LogP contribution in [0.3, 0.4) is 0 Å². The molecule has 6 nitrogen and oxygen atoms in total. The Balaban J connectivity index is 1.99. The van der Waals surface area contributed by atoms with Crippen molar-refractivity contribution in [2.75, 3.05) is 13.2 Å². The lowest BCUT2D eigenvalue weighted by molar-refractivity contribution is 0.0805. The van der Waals surface area contributed by atoms with Gasteiger partial charge in [0, 0.05) is 21.5 Å². The van der Waals surface area contributed by atoms with Gasteiger partial charge in [-0.25, -0.2) is 9.59 Å². The fourth-order valence-electron chi connectivity index (χ4n) is 5.40. The van der Waals surface area contributed by atoms with Crippen molar-refractivity contribution in [3.8, 4) is 11.5 Å². The maximum Gasteiger partial charge on any atom is 0.513 e. The molecule has 0 bridgehead atoms. The van der Waals surface area contributed by atoms with Crippen LogP contribution >= 0.6 is 0 Å². The zero-order chi connectivity index (χ0) is 30.3. The Kier molecular flexibility index (Phi) is 13.9. The van der Waals surface area contributed by atoms with Crippen molar-refractivity contribution in [1.82, 2.24) is 0 Å². The molecule has 0 spiro atoms. The molecule has 2 atom stereocenters. The largest absolute Gasteiger partial charge is 0.513 e. The summed E-state index contributed by atoms with van der Waals surface area (Å²) in [6, 6.07) is 13.5. The molecule has 3 aromatic carbocycles. The molecule has 0 radical (unpaired) electrons. The molecule has 2 unspecified atom stereocenters. The zero-order valence-electron chi connectivity index (χ0n) is 26.3. The summed E-state index contributed by atoms with van der Waals surface area (Å²) in [7, 11) is 0. The molecule has 3 aromatic rings. The van der Waals surface area contributed by atoms with E-state index in [1.807, 2.05) is 42.5 Å². The van der Waals surface area contributed by atoms with Gasteiger partial charge in [-0.2, -0.15) is 0 Å². The summed E-state index contributed by atoms with van der Waals surface area (Å²) in [4.78, 5) is 26.1. The van der Waals surface area contributed by atoms with Crippen molar-refractivity contribution in [2.24, 2.45) is 11.8 Å². The second-order valence-electron chi connectivity index (χ2n) is 11.3.